The lowest BCUT2D eigenvalue weighted by Crippen LogP contribution is -2.21. The Hall–Kier alpha value is -1.62. The summed E-state index contributed by atoms with van der Waals surface area (Å²) >= 11 is 13.0. The zero-order chi connectivity index (χ0) is 15.9. The molecular weight excluding hydrogens is 334 g/mol. The molecule has 0 aliphatic rings. The van der Waals surface area contributed by atoms with E-state index in [1.165, 1.54) is 17.8 Å². The summed E-state index contributed by atoms with van der Waals surface area (Å²) in [6, 6.07) is 16.5. The normalized spacial score (nSPS) is 10.6. The van der Waals surface area contributed by atoms with Gasteiger partial charge in [-0.15, -0.1) is 0 Å². The summed E-state index contributed by atoms with van der Waals surface area (Å²) in [6.45, 7) is 0. The Morgan fingerprint density at radius 2 is 1.77 bits per heavy atom. The number of thioether (sulfide) groups is 1. The Morgan fingerprint density at radius 3 is 2.41 bits per heavy atom. The summed E-state index contributed by atoms with van der Waals surface area (Å²) in [5.41, 5.74) is 1.38. The minimum absolute atomic E-state index is 0.0819. The molecule has 0 radical (unpaired) electrons. The number of thiocarbonyl (C=S) groups is 1. The molecule has 5 heteroatoms. The summed E-state index contributed by atoms with van der Waals surface area (Å²) < 4.78 is 0.616. The standard InChI is InChI=1S/C17H14ClNOS2/c1-22-17(21)19(15-10-6-5-9-14(15)18)12-11-16(20)13-7-3-2-4-8-13/h2-12H,1H3/b12-11+. The molecule has 22 heavy (non-hydrogen) atoms. The lowest BCUT2D eigenvalue weighted by molar-refractivity contribution is 0.104. The Bertz CT molecular complexity index is 701. The number of benzene rings is 2. The number of para-hydroxylation sites is 1. The maximum Gasteiger partial charge on any atom is 0.187 e. The van der Waals surface area contributed by atoms with Crippen molar-refractivity contribution in [1.82, 2.24) is 0 Å². The number of ketones is 1. The van der Waals surface area contributed by atoms with Crippen molar-refractivity contribution in [1.29, 1.82) is 0 Å². The van der Waals surface area contributed by atoms with Crippen molar-refractivity contribution >= 4 is 51.4 Å². The Kier molecular flexibility index (Phi) is 6.19. The van der Waals surface area contributed by atoms with E-state index in [2.05, 4.69) is 0 Å². The van der Waals surface area contributed by atoms with Gasteiger partial charge in [-0.1, -0.05) is 78.0 Å². The van der Waals surface area contributed by atoms with Crippen LogP contribution in [0, 0.1) is 0 Å². The average molecular weight is 348 g/mol. The number of nitrogens with zero attached hydrogens (tertiary/aromatic N) is 1. The summed E-state index contributed by atoms with van der Waals surface area (Å²) in [5, 5.41) is 0.579. The van der Waals surface area contributed by atoms with Gasteiger partial charge in [0.25, 0.3) is 0 Å². The van der Waals surface area contributed by atoms with Crippen molar-refractivity contribution in [3.05, 3.63) is 77.5 Å². The minimum Gasteiger partial charge on any atom is -0.301 e. The molecule has 0 heterocycles. The van der Waals surface area contributed by atoms with Crippen LogP contribution in [0.2, 0.25) is 5.02 Å². The first-order valence-corrected chi connectivity index (χ1v) is 8.54. The number of carbonyl (C=O) groups is 1. The third-order valence-corrected chi connectivity index (χ3v) is 4.48. The average Bonchev–Trinajstić information content (AvgIpc) is 2.56. The first-order valence-electron chi connectivity index (χ1n) is 6.53. The van der Waals surface area contributed by atoms with E-state index in [1.807, 2.05) is 42.7 Å². The van der Waals surface area contributed by atoms with Gasteiger partial charge in [0.15, 0.2) is 5.78 Å². The number of anilines is 1. The molecule has 0 aromatic heterocycles. The molecule has 2 nitrogen and oxygen atoms in total. The molecule has 0 N–H and O–H groups in total. The number of hydrogen-bond donors (Lipinski definition) is 0. The van der Waals surface area contributed by atoms with Crippen LogP contribution in [0.5, 0.6) is 0 Å². The number of allylic oxidation sites excluding steroid dienone is 1. The maximum atomic E-state index is 12.2. The summed E-state index contributed by atoms with van der Waals surface area (Å²) in [4.78, 5) is 13.9. The molecule has 112 valence electrons. The molecule has 0 aliphatic heterocycles. The topological polar surface area (TPSA) is 20.3 Å². The molecule has 0 saturated heterocycles. The van der Waals surface area contributed by atoms with Crippen molar-refractivity contribution in [3.63, 3.8) is 0 Å². The first-order chi connectivity index (χ1) is 10.6. The zero-order valence-electron chi connectivity index (χ0n) is 11.9. The predicted molar refractivity (Wildman–Crippen MR) is 100.0 cm³/mol. The van der Waals surface area contributed by atoms with E-state index >= 15 is 0 Å². The molecule has 2 aromatic rings. The maximum absolute atomic E-state index is 12.2. The van der Waals surface area contributed by atoms with E-state index < -0.39 is 0 Å². The second kappa shape index (κ2) is 8.13. The van der Waals surface area contributed by atoms with Gasteiger partial charge in [-0.2, -0.15) is 0 Å². The van der Waals surface area contributed by atoms with Gasteiger partial charge in [-0.3, -0.25) is 4.79 Å². The van der Waals surface area contributed by atoms with Crippen LogP contribution in [0.4, 0.5) is 5.69 Å². The molecule has 0 atom stereocenters. The van der Waals surface area contributed by atoms with E-state index in [-0.39, 0.29) is 5.78 Å². The van der Waals surface area contributed by atoms with Gasteiger partial charge in [-0.05, 0) is 18.4 Å². The molecule has 0 amide bonds. The highest BCUT2D eigenvalue weighted by Gasteiger charge is 2.12. The summed E-state index contributed by atoms with van der Waals surface area (Å²) in [6.07, 6.45) is 5.05. The number of halogens is 1. The third kappa shape index (κ3) is 4.19. The fraction of sp³-hybridized carbons (Fsp3) is 0.0588. The van der Waals surface area contributed by atoms with Gasteiger partial charge in [0.05, 0.1) is 10.7 Å². The van der Waals surface area contributed by atoms with Crippen LogP contribution in [0.15, 0.2) is 66.9 Å². The number of hydrogen-bond acceptors (Lipinski definition) is 3. The van der Waals surface area contributed by atoms with E-state index in [0.717, 1.165) is 5.69 Å². The first kappa shape index (κ1) is 16.7. The van der Waals surface area contributed by atoms with E-state index in [1.54, 1.807) is 29.3 Å². The molecule has 0 fully saturated rings. The molecule has 0 unspecified atom stereocenters. The molecule has 2 aromatic carbocycles. The van der Waals surface area contributed by atoms with Gasteiger partial charge in [0.2, 0.25) is 0 Å². The molecule has 0 bridgehead atoms. The van der Waals surface area contributed by atoms with Crippen molar-refractivity contribution in [2.75, 3.05) is 11.2 Å². The van der Waals surface area contributed by atoms with Crippen molar-refractivity contribution in [2.45, 2.75) is 0 Å². The molecule has 0 spiro atoms. The van der Waals surface area contributed by atoms with Crippen LogP contribution >= 0.6 is 35.6 Å². The lowest BCUT2D eigenvalue weighted by Gasteiger charge is -2.20. The second-order valence-corrected chi connectivity index (χ2v) is 6.18. The van der Waals surface area contributed by atoms with E-state index in [0.29, 0.717) is 14.9 Å². The number of rotatable bonds is 4. The zero-order valence-corrected chi connectivity index (χ0v) is 14.3. The van der Waals surface area contributed by atoms with E-state index in [9.17, 15) is 4.79 Å². The van der Waals surface area contributed by atoms with Crippen molar-refractivity contribution in [2.24, 2.45) is 0 Å². The minimum atomic E-state index is -0.0819. The van der Waals surface area contributed by atoms with Gasteiger partial charge >= 0.3 is 0 Å². The molecule has 0 aliphatic carbocycles. The van der Waals surface area contributed by atoms with E-state index in [4.69, 9.17) is 23.8 Å². The van der Waals surface area contributed by atoms with Crippen molar-refractivity contribution in [3.8, 4) is 0 Å². The predicted octanol–water partition coefficient (Wildman–Crippen LogP) is 5.19. The van der Waals surface area contributed by atoms with Crippen LogP contribution in [-0.2, 0) is 0 Å². The van der Waals surface area contributed by atoms with Crippen LogP contribution in [-0.4, -0.2) is 16.4 Å². The van der Waals surface area contributed by atoms with Crippen LogP contribution in [0.25, 0.3) is 0 Å². The van der Waals surface area contributed by atoms with Crippen LogP contribution < -0.4 is 4.90 Å². The lowest BCUT2D eigenvalue weighted by atomic mass is 10.1. The molecule has 0 saturated carbocycles. The number of carbonyl (C=O) groups excluding carboxylic acids is 1. The fourth-order valence-electron chi connectivity index (χ4n) is 1.83. The highest BCUT2D eigenvalue weighted by Crippen LogP contribution is 2.28. The highest BCUT2D eigenvalue weighted by molar-refractivity contribution is 8.22. The Labute approximate surface area is 144 Å². The van der Waals surface area contributed by atoms with Crippen LogP contribution in [0.3, 0.4) is 0 Å². The Balaban J connectivity index is 2.28. The molecule has 2 rings (SSSR count). The SMILES string of the molecule is CSC(=S)N(/C=C/C(=O)c1ccccc1)c1ccccc1Cl. The second-order valence-electron chi connectivity index (χ2n) is 4.34. The summed E-state index contributed by atoms with van der Waals surface area (Å²) in [7, 11) is 0. The van der Waals surface area contributed by atoms with Gasteiger partial charge in [0.1, 0.15) is 4.32 Å². The fourth-order valence-corrected chi connectivity index (χ4v) is 2.57. The molecular formula is C17H14ClNOS2. The van der Waals surface area contributed by atoms with Gasteiger partial charge in [0, 0.05) is 17.8 Å². The Morgan fingerprint density at radius 1 is 1.14 bits per heavy atom. The third-order valence-electron chi connectivity index (χ3n) is 2.92. The van der Waals surface area contributed by atoms with Crippen molar-refractivity contribution < 1.29 is 4.79 Å². The van der Waals surface area contributed by atoms with Crippen LogP contribution in [0.1, 0.15) is 10.4 Å². The quantitative estimate of drug-likeness (QED) is 0.430. The largest absolute Gasteiger partial charge is 0.301 e. The van der Waals surface area contributed by atoms with Gasteiger partial charge in [-0.25, -0.2) is 0 Å². The van der Waals surface area contributed by atoms with Gasteiger partial charge < -0.3 is 4.90 Å². The highest BCUT2D eigenvalue weighted by atomic mass is 35.5. The monoisotopic (exact) mass is 347 g/mol. The summed E-state index contributed by atoms with van der Waals surface area (Å²) in [5.74, 6) is -0.0819. The smallest absolute Gasteiger partial charge is 0.187 e.